The van der Waals surface area contributed by atoms with Gasteiger partial charge in [-0.1, -0.05) is 5.16 Å². The third-order valence-corrected chi connectivity index (χ3v) is 2.18. The minimum Gasteiger partial charge on any atom is -0.338 e. The second kappa shape index (κ2) is 2.62. The van der Waals surface area contributed by atoms with Crippen molar-refractivity contribution >= 4 is 0 Å². The third-order valence-electron chi connectivity index (χ3n) is 2.18. The molecule has 1 aliphatic heterocycles. The van der Waals surface area contributed by atoms with Crippen molar-refractivity contribution in [2.75, 3.05) is 13.6 Å². The highest BCUT2D eigenvalue weighted by Crippen LogP contribution is 2.28. The SMILES string of the molecule is CN1CCC[C@H]1c1ncno1. The molecule has 0 unspecified atom stereocenters. The second-order valence-corrected chi connectivity index (χ2v) is 2.92. The van der Waals surface area contributed by atoms with E-state index in [1.54, 1.807) is 0 Å². The molecule has 2 heterocycles. The van der Waals surface area contributed by atoms with Gasteiger partial charge in [0.25, 0.3) is 0 Å². The van der Waals surface area contributed by atoms with Crippen molar-refractivity contribution in [1.29, 1.82) is 0 Å². The molecule has 0 aliphatic carbocycles. The Kier molecular flexibility index (Phi) is 1.62. The van der Waals surface area contributed by atoms with Crippen molar-refractivity contribution in [2.24, 2.45) is 0 Å². The summed E-state index contributed by atoms with van der Waals surface area (Å²) in [5, 5.41) is 3.59. The highest BCUT2D eigenvalue weighted by Gasteiger charge is 2.26. The van der Waals surface area contributed by atoms with E-state index in [1.165, 1.54) is 12.7 Å². The maximum absolute atomic E-state index is 4.99. The molecule has 1 saturated heterocycles. The number of hydrogen-bond donors (Lipinski definition) is 0. The fourth-order valence-corrected chi connectivity index (χ4v) is 1.55. The van der Waals surface area contributed by atoms with Gasteiger partial charge in [-0.3, -0.25) is 4.90 Å². The number of rotatable bonds is 1. The summed E-state index contributed by atoms with van der Waals surface area (Å²) >= 11 is 0. The van der Waals surface area contributed by atoms with Crippen molar-refractivity contribution in [3.8, 4) is 0 Å². The van der Waals surface area contributed by atoms with Crippen molar-refractivity contribution in [1.82, 2.24) is 15.0 Å². The lowest BCUT2D eigenvalue weighted by Gasteiger charge is -2.13. The lowest BCUT2D eigenvalue weighted by Crippen LogP contribution is -2.17. The molecule has 1 aromatic heterocycles. The summed E-state index contributed by atoms with van der Waals surface area (Å²) < 4.78 is 4.99. The van der Waals surface area contributed by atoms with Gasteiger partial charge in [0, 0.05) is 0 Å². The van der Waals surface area contributed by atoms with E-state index < -0.39 is 0 Å². The Morgan fingerprint density at radius 1 is 1.73 bits per heavy atom. The molecule has 1 fully saturated rings. The number of likely N-dealkylation sites (tertiary alicyclic amines) is 1. The highest BCUT2D eigenvalue weighted by atomic mass is 16.5. The number of hydrogen-bond acceptors (Lipinski definition) is 4. The van der Waals surface area contributed by atoms with Crippen LogP contribution in [0, 0.1) is 0 Å². The van der Waals surface area contributed by atoms with E-state index in [4.69, 9.17) is 4.52 Å². The van der Waals surface area contributed by atoms with Crippen molar-refractivity contribution in [3.05, 3.63) is 12.2 Å². The molecule has 60 valence electrons. The maximum atomic E-state index is 4.99. The first-order valence-corrected chi connectivity index (χ1v) is 3.85. The van der Waals surface area contributed by atoms with Gasteiger partial charge in [0.1, 0.15) is 0 Å². The van der Waals surface area contributed by atoms with Gasteiger partial charge in [-0.2, -0.15) is 4.98 Å². The minimum absolute atomic E-state index is 0.359. The molecule has 0 saturated carbocycles. The van der Waals surface area contributed by atoms with E-state index in [9.17, 15) is 0 Å². The standard InChI is InChI=1S/C7H11N3O/c1-10-4-2-3-6(10)7-8-5-9-11-7/h5-6H,2-4H2,1H3/t6-/m0/s1. The van der Waals surface area contributed by atoms with Crippen LogP contribution in [0.1, 0.15) is 24.8 Å². The summed E-state index contributed by atoms with van der Waals surface area (Å²) in [7, 11) is 2.09. The molecule has 1 aromatic rings. The number of nitrogens with zero attached hydrogens (tertiary/aromatic N) is 3. The lowest BCUT2D eigenvalue weighted by atomic mass is 10.2. The molecule has 0 bridgehead atoms. The molecule has 0 amide bonds. The lowest BCUT2D eigenvalue weighted by molar-refractivity contribution is 0.244. The Morgan fingerprint density at radius 3 is 3.18 bits per heavy atom. The molecule has 11 heavy (non-hydrogen) atoms. The van der Waals surface area contributed by atoms with Gasteiger partial charge in [-0.25, -0.2) is 0 Å². The molecule has 0 aromatic carbocycles. The Balaban J connectivity index is 2.16. The van der Waals surface area contributed by atoms with Gasteiger partial charge >= 0.3 is 0 Å². The maximum Gasteiger partial charge on any atom is 0.243 e. The Hall–Kier alpha value is -0.900. The van der Waals surface area contributed by atoms with Gasteiger partial charge in [0.05, 0.1) is 6.04 Å². The Morgan fingerprint density at radius 2 is 2.64 bits per heavy atom. The molecule has 1 aliphatic rings. The molecule has 4 nitrogen and oxygen atoms in total. The summed E-state index contributed by atoms with van der Waals surface area (Å²) in [6, 6.07) is 0.359. The van der Waals surface area contributed by atoms with Gasteiger partial charge in [-0.05, 0) is 26.4 Å². The second-order valence-electron chi connectivity index (χ2n) is 2.92. The van der Waals surface area contributed by atoms with Crippen LogP contribution < -0.4 is 0 Å². The molecule has 1 atom stereocenters. The summed E-state index contributed by atoms with van der Waals surface area (Å²) in [4.78, 5) is 6.27. The highest BCUT2D eigenvalue weighted by molar-refractivity contribution is 4.91. The first-order valence-electron chi connectivity index (χ1n) is 3.85. The summed E-state index contributed by atoms with van der Waals surface area (Å²) in [6.07, 6.45) is 3.82. The van der Waals surface area contributed by atoms with Crippen LogP contribution in [0.4, 0.5) is 0 Å². The molecule has 4 heteroatoms. The van der Waals surface area contributed by atoms with Gasteiger partial charge < -0.3 is 4.52 Å². The summed E-state index contributed by atoms with van der Waals surface area (Å²) in [6.45, 7) is 1.13. The smallest absolute Gasteiger partial charge is 0.243 e. The average molecular weight is 153 g/mol. The molecule has 0 radical (unpaired) electrons. The van der Waals surface area contributed by atoms with E-state index in [0.29, 0.717) is 6.04 Å². The summed E-state index contributed by atoms with van der Waals surface area (Å²) in [5.41, 5.74) is 0. The van der Waals surface area contributed by atoms with Crippen LogP contribution in [0.3, 0.4) is 0 Å². The number of aromatic nitrogens is 2. The topological polar surface area (TPSA) is 42.2 Å². The van der Waals surface area contributed by atoms with Crippen molar-refractivity contribution in [3.63, 3.8) is 0 Å². The zero-order valence-corrected chi connectivity index (χ0v) is 6.53. The normalized spacial score (nSPS) is 26.1. The van der Waals surface area contributed by atoms with Crippen molar-refractivity contribution in [2.45, 2.75) is 18.9 Å². The minimum atomic E-state index is 0.359. The van der Waals surface area contributed by atoms with E-state index in [0.717, 1.165) is 18.9 Å². The van der Waals surface area contributed by atoms with Crippen LogP contribution in [0.2, 0.25) is 0 Å². The van der Waals surface area contributed by atoms with Crippen LogP contribution in [0.25, 0.3) is 0 Å². The van der Waals surface area contributed by atoms with Crippen LogP contribution in [0.5, 0.6) is 0 Å². The molecule has 0 spiro atoms. The van der Waals surface area contributed by atoms with Gasteiger partial charge in [0.2, 0.25) is 5.89 Å². The van der Waals surface area contributed by atoms with Crippen molar-refractivity contribution < 1.29 is 4.52 Å². The van der Waals surface area contributed by atoms with Gasteiger partial charge in [0.15, 0.2) is 6.33 Å². The molecular formula is C7H11N3O. The van der Waals surface area contributed by atoms with E-state index in [1.807, 2.05) is 0 Å². The van der Waals surface area contributed by atoms with Crippen LogP contribution in [-0.2, 0) is 0 Å². The molecular weight excluding hydrogens is 142 g/mol. The molecule has 0 N–H and O–H groups in total. The quantitative estimate of drug-likeness (QED) is 0.599. The van der Waals surface area contributed by atoms with Crippen LogP contribution >= 0.6 is 0 Å². The van der Waals surface area contributed by atoms with E-state index in [-0.39, 0.29) is 0 Å². The Labute approximate surface area is 65.2 Å². The first kappa shape index (κ1) is 6.79. The predicted molar refractivity (Wildman–Crippen MR) is 38.9 cm³/mol. The average Bonchev–Trinajstić information content (AvgIpc) is 2.55. The zero-order valence-electron chi connectivity index (χ0n) is 6.53. The fourth-order valence-electron chi connectivity index (χ4n) is 1.55. The van der Waals surface area contributed by atoms with E-state index >= 15 is 0 Å². The molecule has 2 rings (SSSR count). The monoisotopic (exact) mass is 153 g/mol. The van der Waals surface area contributed by atoms with Crippen LogP contribution in [0.15, 0.2) is 10.9 Å². The Bertz CT molecular complexity index is 222. The van der Waals surface area contributed by atoms with E-state index in [2.05, 4.69) is 22.1 Å². The predicted octanol–water partition coefficient (Wildman–Crippen LogP) is 0.836. The van der Waals surface area contributed by atoms with Gasteiger partial charge in [-0.15, -0.1) is 0 Å². The summed E-state index contributed by atoms with van der Waals surface area (Å²) in [5.74, 6) is 0.755. The zero-order chi connectivity index (χ0) is 7.68. The van der Waals surface area contributed by atoms with Crippen LogP contribution in [-0.4, -0.2) is 28.6 Å². The first-order chi connectivity index (χ1) is 5.38. The fraction of sp³-hybridized carbons (Fsp3) is 0.714. The third kappa shape index (κ3) is 1.14. The largest absolute Gasteiger partial charge is 0.338 e.